The number of methoxy groups -OCH3 is 1. The number of rotatable bonds is 5. The second kappa shape index (κ2) is 8.91. The van der Waals surface area contributed by atoms with Crippen LogP contribution in [-0.2, 0) is 4.79 Å². The lowest BCUT2D eigenvalue weighted by Crippen LogP contribution is -2.47. The van der Waals surface area contributed by atoms with Crippen LogP contribution in [0.1, 0.15) is 17.3 Å². The summed E-state index contributed by atoms with van der Waals surface area (Å²) >= 11 is 8.05. The van der Waals surface area contributed by atoms with Crippen LogP contribution in [-0.4, -0.2) is 25.0 Å². The van der Waals surface area contributed by atoms with Gasteiger partial charge in [-0.25, -0.2) is 0 Å². The molecule has 0 heterocycles. The van der Waals surface area contributed by atoms with E-state index in [1.54, 1.807) is 56.5 Å². The van der Waals surface area contributed by atoms with Gasteiger partial charge in [-0.2, -0.15) is 0 Å². The van der Waals surface area contributed by atoms with Gasteiger partial charge in [-0.3, -0.25) is 20.4 Å². The lowest BCUT2D eigenvalue weighted by molar-refractivity contribution is -0.128. The van der Waals surface area contributed by atoms with Crippen molar-refractivity contribution in [2.75, 3.05) is 7.11 Å². The van der Waals surface area contributed by atoms with Crippen molar-refractivity contribution in [3.05, 3.63) is 56.6 Å². The maximum Gasteiger partial charge on any atom is 0.279 e. The number of hydrogen-bond donors (Lipinski definition) is 2. The van der Waals surface area contributed by atoms with Crippen LogP contribution in [0, 0.1) is 3.57 Å². The van der Waals surface area contributed by atoms with Crippen molar-refractivity contribution in [1.82, 2.24) is 10.9 Å². The molecule has 0 spiro atoms. The zero-order valence-corrected chi connectivity index (χ0v) is 16.4. The Morgan fingerprint density at radius 2 is 1.84 bits per heavy atom. The van der Waals surface area contributed by atoms with E-state index in [1.165, 1.54) is 0 Å². The molecular weight excluding hydrogens is 459 g/mol. The summed E-state index contributed by atoms with van der Waals surface area (Å²) in [6.07, 6.45) is -0.837. The van der Waals surface area contributed by atoms with Crippen molar-refractivity contribution >= 4 is 46.0 Å². The van der Waals surface area contributed by atoms with Crippen LogP contribution < -0.4 is 20.3 Å². The predicted molar refractivity (Wildman–Crippen MR) is 103 cm³/mol. The van der Waals surface area contributed by atoms with Gasteiger partial charge in [0.15, 0.2) is 6.10 Å². The van der Waals surface area contributed by atoms with Gasteiger partial charge < -0.3 is 9.47 Å². The number of hydrogen-bond acceptors (Lipinski definition) is 4. The van der Waals surface area contributed by atoms with Crippen LogP contribution in [0.25, 0.3) is 0 Å². The summed E-state index contributed by atoms with van der Waals surface area (Å²) < 4.78 is 11.4. The summed E-state index contributed by atoms with van der Waals surface area (Å²) in [7, 11) is 1.55. The Morgan fingerprint density at radius 3 is 2.48 bits per heavy atom. The van der Waals surface area contributed by atoms with Gasteiger partial charge >= 0.3 is 0 Å². The molecule has 6 nitrogen and oxygen atoms in total. The van der Waals surface area contributed by atoms with E-state index < -0.39 is 17.9 Å². The first-order chi connectivity index (χ1) is 11.9. The lowest BCUT2D eigenvalue weighted by Gasteiger charge is -2.16. The van der Waals surface area contributed by atoms with E-state index in [0.717, 1.165) is 3.57 Å². The maximum atomic E-state index is 12.1. The highest BCUT2D eigenvalue weighted by atomic mass is 127. The van der Waals surface area contributed by atoms with Crippen molar-refractivity contribution in [2.24, 2.45) is 0 Å². The number of para-hydroxylation sites is 1. The molecule has 0 aliphatic heterocycles. The van der Waals surface area contributed by atoms with Crippen molar-refractivity contribution < 1.29 is 19.1 Å². The van der Waals surface area contributed by atoms with Crippen molar-refractivity contribution in [3.8, 4) is 11.5 Å². The molecule has 0 fully saturated rings. The minimum atomic E-state index is -0.837. The molecule has 2 aromatic rings. The molecule has 1 atom stereocenters. The van der Waals surface area contributed by atoms with Crippen LogP contribution in [0.5, 0.6) is 11.5 Å². The quantitative estimate of drug-likeness (QED) is 0.516. The van der Waals surface area contributed by atoms with Crippen molar-refractivity contribution in [1.29, 1.82) is 0 Å². The number of ether oxygens (including phenoxy) is 2. The van der Waals surface area contributed by atoms with Gasteiger partial charge in [0.25, 0.3) is 11.8 Å². The Morgan fingerprint density at radius 1 is 1.12 bits per heavy atom. The molecular formula is C17H16ClIN2O4. The Kier molecular flexibility index (Phi) is 6.89. The van der Waals surface area contributed by atoms with Crippen LogP contribution >= 0.6 is 34.2 Å². The molecule has 2 rings (SSSR count). The Hall–Kier alpha value is -2.00. The summed E-state index contributed by atoms with van der Waals surface area (Å²) in [5.41, 5.74) is 5.07. The van der Waals surface area contributed by atoms with Crippen LogP contribution in [0.4, 0.5) is 0 Å². The Bertz CT molecular complexity index is 785. The fourth-order valence-electron chi connectivity index (χ4n) is 1.88. The molecule has 0 aromatic heterocycles. The third kappa shape index (κ3) is 5.23. The second-order valence-corrected chi connectivity index (χ2v) is 6.55. The highest BCUT2D eigenvalue weighted by Crippen LogP contribution is 2.24. The zero-order valence-electron chi connectivity index (χ0n) is 13.5. The van der Waals surface area contributed by atoms with Crippen molar-refractivity contribution in [2.45, 2.75) is 13.0 Å². The summed E-state index contributed by atoms with van der Waals surface area (Å²) in [5, 5.41) is 0.402. The molecule has 0 saturated heterocycles. The van der Waals surface area contributed by atoms with E-state index in [-0.39, 0.29) is 0 Å². The van der Waals surface area contributed by atoms with E-state index in [1.807, 2.05) is 0 Å². The Balaban J connectivity index is 1.91. The highest BCUT2D eigenvalue weighted by Gasteiger charge is 2.17. The molecule has 1 unspecified atom stereocenters. The third-order valence-electron chi connectivity index (χ3n) is 3.22. The third-order valence-corrected chi connectivity index (χ3v) is 4.38. The first-order valence-corrected chi connectivity index (χ1v) is 8.73. The summed E-state index contributed by atoms with van der Waals surface area (Å²) in [5.74, 6) is 0.112. The molecule has 0 aliphatic rings. The maximum absolute atomic E-state index is 12.1. The highest BCUT2D eigenvalue weighted by molar-refractivity contribution is 14.1. The van der Waals surface area contributed by atoms with E-state index in [2.05, 4.69) is 33.4 Å². The molecule has 2 amide bonds. The van der Waals surface area contributed by atoms with Crippen molar-refractivity contribution in [3.63, 3.8) is 0 Å². The molecule has 0 radical (unpaired) electrons. The van der Waals surface area contributed by atoms with Crippen LogP contribution in [0.2, 0.25) is 5.02 Å². The number of carbonyl (C=O) groups excluding carboxylic acids is 2. The molecule has 0 saturated carbocycles. The minimum absolute atomic E-state index is 0.392. The van der Waals surface area contributed by atoms with Gasteiger partial charge in [0.2, 0.25) is 0 Å². The molecule has 8 heteroatoms. The first-order valence-electron chi connectivity index (χ1n) is 7.27. The molecule has 25 heavy (non-hydrogen) atoms. The van der Waals surface area contributed by atoms with Gasteiger partial charge in [0.1, 0.15) is 11.5 Å². The molecule has 0 aliphatic carbocycles. The lowest BCUT2D eigenvalue weighted by atomic mass is 10.2. The van der Waals surface area contributed by atoms with E-state index in [4.69, 9.17) is 21.1 Å². The predicted octanol–water partition coefficient (Wildman–Crippen LogP) is 3.18. The largest absolute Gasteiger partial charge is 0.496 e. The SMILES string of the molecule is COc1ccc(C(=O)NNC(=O)C(C)Oc2ccccc2Cl)cc1I. The van der Waals surface area contributed by atoms with Crippen LogP contribution in [0.15, 0.2) is 42.5 Å². The average molecular weight is 475 g/mol. The van der Waals surface area contributed by atoms with E-state index in [9.17, 15) is 9.59 Å². The summed E-state index contributed by atoms with van der Waals surface area (Å²) in [4.78, 5) is 24.2. The monoisotopic (exact) mass is 474 g/mol. The fourth-order valence-corrected chi connectivity index (χ4v) is 2.80. The van der Waals surface area contributed by atoms with Gasteiger partial charge in [0.05, 0.1) is 15.7 Å². The molecule has 2 N–H and O–H groups in total. The van der Waals surface area contributed by atoms with Crippen LogP contribution in [0.3, 0.4) is 0 Å². The normalized spacial score (nSPS) is 11.4. The number of nitrogens with one attached hydrogen (secondary N) is 2. The molecule has 2 aromatic carbocycles. The Labute approximate surface area is 163 Å². The van der Waals surface area contributed by atoms with E-state index in [0.29, 0.717) is 22.1 Å². The summed E-state index contributed by atoms with van der Waals surface area (Å²) in [6, 6.07) is 11.8. The standard InChI is InChI=1S/C17H16ClIN2O4/c1-10(25-14-6-4-3-5-12(14)18)16(22)20-21-17(23)11-7-8-15(24-2)13(19)9-11/h3-10H,1-2H3,(H,20,22)(H,21,23). The zero-order chi connectivity index (χ0) is 18.4. The number of amides is 2. The molecule has 132 valence electrons. The average Bonchev–Trinajstić information content (AvgIpc) is 2.61. The number of benzene rings is 2. The number of carbonyl (C=O) groups is 2. The van der Waals surface area contributed by atoms with Gasteiger partial charge in [-0.1, -0.05) is 23.7 Å². The van der Waals surface area contributed by atoms with E-state index >= 15 is 0 Å². The smallest absolute Gasteiger partial charge is 0.279 e. The minimum Gasteiger partial charge on any atom is -0.496 e. The van der Waals surface area contributed by atoms with Gasteiger partial charge in [-0.15, -0.1) is 0 Å². The first kappa shape index (κ1) is 19.3. The van der Waals surface area contributed by atoms with Gasteiger partial charge in [0, 0.05) is 5.56 Å². The number of hydrazine groups is 1. The topological polar surface area (TPSA) is 76.7 Å². The second-order valence-electron chi connectivity index (χ2n) is 4.98. The fraction of sp³-hybridized carbons (Fsp3) is 0.176. The number of halogens is 2. The molecule has 0 bridgehead atoms. The van der Waals surface area contributed by atoms with Gasteiger partial charge in [-0.05, 0) is 59.8 Å². The summed E-state index contributed by atoms with van der Waals surface area (Å²) in [6.45, 7) is 1.56.